The zero-order valence-electron chi connectivity index (χ0n) is 30.6. The standard InChI is InChI=1S/C37H57FN4O7S/c1-7-20-50(46,47)42-14-12-31(13-15-42)40(6)32-23-29(22-30(38)24-32)21-28(4)36-27(3)9-11-34(26(2)8-10-33(43)25-35(44)49-36)48-37(45)41-18-16-39(5)17-19-41/h9,11,21-24,26-27,31,33-34,36,43H,7-8,10,12-20,25H2,1-6H3/b11-9+,28-21+/t26-,27+,33+,34-,36+/m1/s1. The topological polar surface area (TPSA) is 120 Å². The molecule has 1 aromatic carbocycles. The summed E-state index contributed by atoms with van der Waals surface area (Å²) >= 11 is 0. The Labute approximate surface area is 298 Å². The van der Waals surface area contributed by atoms with Crippen LogP contribution in [0.3, 0.4) is 0 Å². The summed E-state index contributed by atoms with van der Waals surface area (Å²) in [5.41, 5.74) is 1.96. The van der Waals surface area contributed by atoms with Crippen LogP contribution in [-0.2, 0) is 24.3 Å². The van der Waals surface area contributed by atoms with Gasteiger partial charge in [-0.25, -0.2) is 21.9 Å². The fourth-order valence-electron chi connectivity index (χ4n) is 6.96. The van der Waals surface area contributed by atoms with Crippen LogP contribution in [0.5, 0.6) is 0 Å². The first-order valence-corrected chi connectivity index (χ1v) is 19.7. The first kappa shape index (κ1) is 39.8. The van der Waals surface area contributed by atoms with Crippen LogP contribution in [0.25, 0.3) is 6.08 Å². The average molecular weight is 721 g/mol. The van der Waals surface area contributed by atoms with E-state index < -0.39 is 40.1 Å². The van der Waals surface area contributed by atoms with Crippen LogP contribution in [0.2, 0.25) is 0 Å². The summed E-state index contributed by atoms with van der Waals surface area (Å²) in [5.74, 6) is -1.21. The first-order chi connectivity index (χ1) is 23.7. The Bertz CT molecular complexity index is 1470. The molecule has 0 unspecified atom stereocenters. The number of benzene rings is 1. The molecule has 280 valence electrons. The minimum absolute atomic E-state index is 0.0485. The minimum atomic E-state index is -3.26. The number of likely N-dealkylation sites (N-methyl/N-ethyl adjacent to an activating group) is 1. The summed E-state index contributed by atoms with van der Waals surface area (Å²) in [7, 11) is 0.663. The highest BCUT2D eigenvalue weighted by Gasteiger charge is 2.31. The van der Waals surface area contributed by atoms with Crippen molar-refractivity contribution in [2.75, 3.05) is 64.0 Å². The van der Waals surface area contributed by atoms with Crippen molar-refractivity contribution in [1.29, 1.82) is 0 Å². The van der Waals surface area contributed by atoms with Gasteiger partial charge >= 0.3 is 12.1 Å². The summed E-state index contributed by atoms with van der Waals surface area (Å²) in [6.07, 6.45) is 5.67. The lowest BCUT2D eigenvalue weighted by molar-refractivity contribution is -0.151. The number of carbonyl (C=O) groups is 2. The SMILES string of the molecule is CCCS(=O)(=O)N1CCC(N(C)c2cc(F)cc(/C=C(\C)[C@H]3OC(=O)C[C@@H](O)CC[C@@H](C)[C@H](OC(=O)N4CCN(C)CC4)/C=C/[C@@H]3C)c2)CC1. The molecule has 3 aliphatic rings. The highest BCUT2D eigenvalue weighted by atomic mass is 32.2. The van der Waals surface area contributed by atoms with E-state index in [1.807, 2.05) is 64.9 Å². The molecule has 50 heavy (non-hydrogen) atoms. The molecule has 0 saturated carbocycles. The predicted octanol–water partition coefficient (Wildman–Crippen LogP) is 4.91. The number of ether oxygens (including phenoxy) is 2. The molecule has 2 saturated heterocycles. The van der Waals surface area contributed by atoms with E-state index in [2.05, 4.69) is 4.90 Å². The third-order valence-electron chi connectivity index (χ3n) is 10.2. The summed E-state index contributed by atoms with van der Waals surface area (Å²) in [6, 6.07) is 4.83. The molecule has 0 aromatic heterocycles. The zero-order chi connectivity index (χ0) is 36.6. The number of rotatable bonds is 8. The smallest absolute Gasteiger partial charge is 0.410 e. The lowest BCUT2D eigenvalue weighted by Crippen LogP contribution is -2.48. The highest BCUT2D eigenvalue weighted by molar-refractivity contribution is 7.89. The lowest BCUT2D eigenvalue weighted by atomic mass is 9.91. The van der Waals surface area contributed by atoms with Gasteiger partial charge in [0.2, 0.25) is 10.0 Å². The monoisotopic (exact) mass is 720 g/mol. The van der Waals surface area contributed by atoms with E-state index in [0.29, 0.717) is 75.1 Å². The zero-order valence-corrected chi connectivity index (χ0v) is 31.4. The molecule has 0 spiro atoms. The minimum Gasteiger partial charge on any atom is -0.457 e. The molecular weight excluding hydrogens is 663 g/mol. The molecule has 11 nitrogen and oxygen atoms in total. The summed E-state index contributed by atoms with van der Waals surface area (Å²) in [4.78, 5) is 32.0. The molecule has 2 fully saturated rings. The Morgan fingerprint density at radius 1 is 1.06 bits per heavy atom. The maximum atomic E-state index is 15.1. The molecule has 3 aliphatic heterocycles. The molecule has 1 N–H and O–H groups in total. The molecule has 0 aliphatic carbocycles. The maximum absolute atomic E-state index is 15.1. The summed E-state index contributed by atoms with van der Waals surface area (Å²) in [6.45, 7) is 11.2. The maximum Gasteiger partial charge on any atom is 0.410 e. The molecule has 0 bridgehead atoms. The Morgan fingerprint density at radius 2 is 1.74 bits per heavy atom. The van der Waals surface area contributed by atoms with Gasteiger partial charge in [-0.2, -0.15) is 0 Å². The van der Waals surface area contributed by atoms with Crippen molar-refractivity contribution < 1.29 is 37.0 Å². The number of piperazine rings is 1. The van der Waals surface area contributed by atoms with Crippen LogP contribution in [0.1, 0.15) is 71.8 Å². The van der Waals surface area contributed by atoms with Crippen LogP contribution in [0, 0.1) is 17.7 Å². The van der Waals surface area contributed by atoms with E-state index >= 15 is 4.39 Å². The molecule has 5 atom stereocenters. The van der Waals surface area contributed by atoms with Crippen molar-refractivity contribution in [2.45, 2.75) is 90.6 Å². The van der Waals surface area contributed by atoms with Gasteiger partial charge in [0, 0.05) is 64.0 Å². The summed E-state index contributed by atoms with van der Waals surface area (Å²) < 4.78 is 53.7. The molecular formula is C37H57FN4O7S. The molecule has 4 rings (SSSR count). The van der Waals surface area contributed by atoms with E-state index in [0.717, 1.165) is 13.1 Å². The molecule has 13 heteroatoms. The average Bonchev–Trinajstić information content (AvgIpc) is 3.07. The molecule has 1 amide bonds. The fourth-order valence-corrected chi connectivity index (χ4v) is 8.50. The Hall–Kier alpha value is -3.00. The number of nitrogens with zero attached hydrogens (tertiary/aromatic N) is 4. The number of amides is 1. The van der Waals surface area contributed by atoms with Gasteiger partial charge in [0.1, 0.15) is 18.0 Å². The predicted molar refractivity (Wildman–Crippen MR) is 194 cm³/mol. The number of carbonyl (C=O) groups excluding carboxylic acids is 2. The fraction of sp³-hybridized carbons (Fsp3) is 0.676. The van der Waals surface area contributed by atoms with Crippen LogP contribution in [0.4, 0.5) is 14.9 Å². The normalized spacial score (nSPS) is 27.9. The van der Waals surface area contributed by atoms with Gasteiger partial charge in [-0.15, -0.1) is 0 Å². The van der Waals surface area contributed by atoms with Gasteiger partial charge < -0.3 is 29.3 Å². The summed E-state index contributed by atoms with van der Waals surface area (Å²) in [5, 5.41) is 10.7. The number of hydrogen-bond acceptors (Lipinski definition) is 9. The van der Waals surface area contributed by atoms with E-state index in [1.165, 1.54) is 12.1 Å². The number of sulfonamides is 1. The van der Waals surface area contributed by atoms with Crippen molar-refractivity contribution >= 4 is 33.8 Å². The van der Waals surface area contributed by atoms with Gasteiger partial charge in [-0.1, -0.05) is 32.9 Å². The van der Waals surface area contributed by atoms with Gasteiger partial charge in [-0.3, -0.25) is 4.79 Å². The van der Waals surface area contributed by atoms with E-state index in [4.69, 9.17) is 9.47 Å². The van der Waals surface area contributed by atoms with E-state index in [9.17, 15) is 23.1 Å². The van der Waals surface area contributed by atoms with Crippen molar-refractivity contribution in [3.05, 3.63) is 47.3 Å². The second kappa shape index (κ2) is 18.0. The number of hydrogen-bond donors (Lipinski definition) is 1. The number of aliphatic hydroxyl groups excluding tert-OH is 1. The van der Waals surface area contributed by atoms with E-state index in [1.54, 1.807) is 15.3 Å². The third-order valence-corrected chi connectivity index (χ3v) is 12.3. The number of halogens is 1. The number of cyclic esters (lactones) is 1. The largest absolute Gasteiger partial charge is 0.457 e. The van der Waals surface area contributed by atoms with Gasteiger partial charge in [0.15, 0.2) is 0 Å². The van der Waals surface area contributed by atoms with Crippen molar-refractivity contribution in [3.8, 4) is 0 Å². The second-order valence-corrected chi connectivity index (χ2v) is 16.5. The highest BCUT2D eigenvalue weighted by Crippen LogP contribution is 2.29. The molecule has 0 radical (unpaired) electrons. The van der Waals surface area contributed by atoms with Crippen LogP contribution in [-0.4, -0.2) is 123 Å². The van der Waals surface area contributed by atoms with Crippen molar-refractivity contribution in [1.82, 2.24) is 14.1 Å². The van der Waals surface area contributed by atoms with Crippen LogP contribution in [0.15, 0.2) is 35.9 Å². The van der Waals surface area contributed by atoms with Crippen LogP contribution >= 0.6 is 0 Å². The Morgan fingerprint density at radius 3 is 2.40 bits per heavy atom. The number of anilines is 1. The first-order valence-electron chi connectivity index (χ1n) is 18.1. The number of aliphatic hydroxyl groups is 1. The van der Waals surface area contributed by atoms with Crippen LogP contribution < -0.4 is 4.90 Å². The quantitative estimate of drug-likeness (QED) is 0.295. The number of piperidine rings is 1. The van der Waals surface area contributed by atoms with Crippen molar-refractivity contribution in [2.24, 2.45) is 11.8 Å². The Kier molecular flexibility index (Phi) is 14.3. The Balaban J connectivity index is 1.52. The van der Waals surface area contributed by atoms with Crippen molar-refractivity contribution in [3.63, 3.8) is 0 Å². The molecule has 1 aromatic rings. The van der Waals surface area contributed by atoms with Gasteiger partial charge in [0.25, 0.3) is 0 Å². The van der Waals surface area contributed by atoms with E-state index in [-0.39, 0.29) is 36.1 Å². The number of esters is 1. The third kappa shape index (κ3) is 11.0. The molecule has 3 heterocycles. The second-order valence-electron chi connectivity index (χ2n) is 14.4. The van der Waals surface area contributed by atoms with Gasteiger partial charge in [0.05, 0.1) is 18.3 Å². The van der Waals surface area contributed by atoms with Gasteiger partial charge in [-0.05, 0) is 87.4 Å². The lowest BCUT2D eigenvalue weighted by Gasteiger charge is -2.37.